The number of nitrogens with two attached hydrogens (primary N) is 1. The Morgan fingerprint density at radius 1 is 1.42 bits per heavy atom. The van der Waals surface area contributed by atoms with Crippen molar-refractivity contribution in [3.05, 3.63) is 28.8 Å². The first-order valence-electron chi connectivity index (χ1n) is 6.42. The van der Waals surface area contributed by atoms with Crippen LogP contribution in [0.5, 0.6) is 0 Å². The average Bonchev–Trinajstić information content (AvgIpc) is 2.42. The third-order valence-corrected chi connectivity index (χ3v) is 4.07. The molecule has 1 rings (SSSR count). The summed E-state index contributed by atoms with van der Waals surface area (Å²) >= 11 is 6.08. The summed E-state index contributed by atoms with van der Waals surface area (Å²) < 4.78 is 0. The van der Waals surface area contributed by atoms with E-state index < -0.39 is 5.91 Å². The molecule has 0 saturated carbocycles. The summed E-state index contributed by atoms with van der Waals surface area (Å²) in [6, 6.07) is 4.87. The molecule has 0 aromatic heterocycles. The largest absolute Gasteiger partial charge is 0.396 e. The molecule has 0 aliphatic carbocycles. The van der Waals surface area contributed by atoms with E-state index in [1.165, 1.54) is 0 Å². The maximum atomic E-state index is 11.1. The highest BCUT2D eigenvalue weighted by atomic mass is 35.5. The van der Waals surface area contributed by atoms with Crippen molar-refractivity contribution in [2.45, 2.75) is 26.7 Å². The first-order valence-corrected chi connectivity index (χ1v) is 6.80. The highest BCUT2D eigenvalue weighted by molar-refractivity contribution is 6.33. The van der Waals surface area contributed by atoms with Gasteiger partial charge in [0.05, 0.1) is 17.3 Å². The Bertz CT molecular complexity index is 437. The van der Waals surface area contributed by atoms with Crippen LogP contribution < -0.4 is 11.1 Å². The Morgan fingerprint density at radius 3 is 2.53 bits per heavy atom. The fourth-order valence-corrected chi connectivity index (χ4v) is 2.06. The second kappa shape index (κ2) is 6.78. The molecule has 4 N–H and O–H groups in total. The molecule has 0 aliphatic rings. The first kappa shape index (κ1) is 15.8. The number of amides is 1. The summed E-state index contributed by atoms with van der Waals surface area (Å²) in [7, 11) is 0. The van der Waals surface area contributed by atoms with Gasteiger partial charge in [-0.3, -0.25) is 4.79 Å². The van der Waals surface area contributed by atoms with Crippen LogP contribution in [0.15, 0.2) is 18.2 Å². The maximum Gasteiger partial charge on any atom is 0.248 e. The zero-order valence-electron chi connectivity index (χ0n) is 11.4. The van der Waals surface area contributed by atoms with Crippen LogP contribution in [-0.2, 0) is 0 Å². The van der Waals surface area contributed by atoms with Gasteiger partial charge in [-0.05, 0) is 31.0 Å². The smallest absolute Gasteiger partial charge is 0.248 e. The Kier molecular flexibility index (Phi) is 5.63. The lowest BCUT2D eigenvalue weighted by Gasteiger charge is -2.30. The minimum atomic E-state index is -0.487. The number of halogens is 1. The van der Waals surface area contributed by atoms with E-state index >= 15 is 0 Å². The second-order valence-electron chi connectivity index (χ2n) is 4.78. The van der Waals surface area contributed by atoms with Crippen molar-refractivity contribution in [2.75, 3.05) is 18.5 Å². The number of primary amides is 1. The molecule has 1 aromatic rings. The maximum absolute atomic E-state index is 11.1. The van der Waals surface area contributed by atoms with Gasteiger partial charge < -0.3 is 16.2 Å². The van der Waals surface area contributed by atoms with Crippen LogP contribution in [0, 0.1) is 5.41 Å². The van der Waals surface area contributed by atoms with Gasteiger partial charge in [0.2, 0.25) is 5.91 Å². The molecular formula is C14H21ClN2O2. The van der Waals surface area contributed by atoms with Crippen LogP contribution in [0.3, 0.4) is 0 Å². The molecule has 5 heteroatoms. The van der Waals surface area contributed by atoms with Crippen molar-refractivity contribution in [1.29, 1.82) is 0 Å². The Labute approximate surface area is 118 Å². The number of aliphatic hydroxyl groups is 1. The standard InChI is InChI=1S/C14H21ClN2O2/c1-3-14(4-2,9-18)8-17-12-7-10(13(16)19)5-6-11(12)15/h5-7,17-18H,3-4,8-9H2,1-2H3,(H2,16,19). The minimum Gasteiger partial charge on any atom is -0.396 e. The van der Waals surface area contributed by atoms with Crippen LogP contribution in [-0.4, -0.2) is 24.2 Å². The van der Waals surface area contributed by atoms with Gasteiger partial charge in [0.1, 0.15) is 0 Å². The van der Waals surface area contributed by atoms with Crippen molar-refractivity contribution < 1.29 is 9.90 Å². The van der Waals surface area contributed by atoms with E-state index in [4.69, 9.17) is 17.3 Å². The second-order valence-corrected chi connectivity index (χ2v) is 5.18. The van der Waals surface area contributed by atoms with E-state index in [1.807, 2.05) is 13.8 Å². The minimum absolute atomic E-state index is 0.111. The molecule has 19 heavy (non-hydrogen) atoms. The van der Waals surface area contributed by atoms with Crippen LogP contribution in [0.25, 0.3) is 0 Å². The molecule has 0 spiro atoms. The summed E-state index contributed by atoms with van der Waals surface area (Å²) in [5, 5.41) is 13.3. The molecule has 1 amide bonds. The number of aliphatic hydroxyl groups excluding tert-OH is 1. The number of nitrogens with one attached hydrogen (secondary N) is 1. The fourth-order valence-electron chi connectivity index (χ4n) is 1.88. The van der Waals surface area contributed by atoms with Crippen molar-refractivity contribution in [3.63, 3.8) is 0 Å². The lowest BCUT2D eigenvalue weighted by Crippen LogP contribution is -2.32. The van der Waals surface area contributed by atoms with Crippen molar-refractivity contribution in [3.8, 4) is 0 Å². The van der Waals surface area contributed by atoms with Crippen molar-refractivity contribution in [1.82, 2.24) is 0 Å². The molecular weight excluding hydrogens is 264 g/mol. The number of carbonyl (C=O) groups excluding carboxylic acids is 1. The molecule has 0 aliphatic heterocycles. The van der Waals surface area contributed by atoms with Crippen LogP contribution >= 0.6 is 11.6 Å². The van der Waals surface area contributed by atoms with Gasteiger partial charge in [-0.1, -0.05) is 25.4 Å². The van der Waals surface area contributed by atoms with E-state index in [2.05, 4.69) is 5.32 Å². The molecule has 0 radical (unpaired) electrons. The van der Waals surface area contributed by atoms with E-state index in [-0.39, 0.29) is 12.0 Å². The Balaban J connectivity index is 2.87. The summed E-state index contributed by atoms with van der Waals surface area (Å²) in [4.78, 5) is 11.1. The predicted molar refractivity (Wildman–Crippen MR) is 78.6 cm³/mol. The topological polar surface area (TPSA) is 75.3 Å². The van der Waals surface area contributed by atoms with Gasteiger partial charge in [0.25, 0.3) is 0 Å². The highest BCUT2D eigenvalue weighted by Crippen LogP contribution is 2.29. The number of hydrogen-bond donors (Lipinski definition) is 3. The molecule has 0 unspecified atom stereocenters. The molecule has 106 valence electrons. The molecule has 0 fully saturated rings. The number of benzene rings is 1. The number of carbonyl (C=O) groups is 1. The number of anilines is 1. The summed E-state index contributed by atoms with van der Waals surface area (Å²) in [5.74, 6) is -0.487. The van der Waals surface area contributed by atoms with Gasteiger partial charge in [0, 0.05) is 17.5 Å². The summed E-state index contributed by atoms with van der Waals surface area (Å²) in [6.07, 6.45) is 1.72. The lowest BCUT2D eigenvalue weighted by molar-refractivity contribution is 0.1000. The van der Waals surface area contributed by atoms with E-state index in [9.17, 15) is 9.90 Å². The molecule has 0 atom stereocenters. The normalized spacial score (nSPS) is 11.4. The van der Waals surface area contributed by atoms with E-state index in [1.54, 1.807) is 18.2 Å². The van der Waals surface area contributed by atoms with Crippen molar-refractivity contribution >= 4 is 23.2 Å². The van der Waals surface area contributed by atoms with Gasteiger partial charge in [-0.2, -0.15) is 0 Å². The quantitative estimate of drug-likeness (QED) is 0.720. The van der Waals surface area contributed by atoms with E-state index in [0.29, 0.717) is 22.8 Å². The molecule has 1 aromatic carbocycles. The Morgan fingerprint density at radius 2 is 2.05 bits per heavy atom. The zero-order valence-corrected chi connectivity index (χ0v) is 12.1. The fraction of sp³-hybridized carbons (Fsp3) is 0.500. The van der Waals surface area contributed by atoms with Crippen LogP contribution in [0.1, 0.15) is 37.0 Å². The Hall–Kier alpha value is -1.26. The first-order chi connectivity index (χ1) is 8.98. The number of hydrogen-bond acceptors (Lipinski definition) is 3. The molecule has 0 saturated heterocycles. The highest BCUT2D eigenvalue weighted by Gasteiger charge is 2.25. The molecule has 0 heterocycles. The van der Waals surface area contributed by atoms with Crippen LogP contribution in [0.4, 0.5) is 5.69 Å². The lowest BCUT2D eigenvalue weighted by atomic mass is 9.83. The number of rotatable bonds is 7. The molecule has 0 bridgehead atoms. The van der Waals surface area contributed by atoms with E-state index in [0.717, 1.165) is 12.8 Å². The monoisotopic (exact) mass is 284 g/mol. The molecule has 4 nitrogen and oxygen atoms in total. The van der Waals surface area contributed by atoms with Gasteiger partial charge >= 0.3 is 0 Å². The predicted octanol–water partition coefficient (Wildman–Crippen LogP) is 2.65. The van der Waals surface area contributed by atoms with Gasteiger partial charge in [0.15, 0.2) is 0 Å². The van der Waals surface area contributed by atoms with Crippen LogP contribution in [0.2, 0.25) is 5.02 Å². The zero-order chi connectivity index (χ0) is 14.5. The summed E-state index contributed by atoms with van der Waals surface area (Å²) in [6.45, 7) is 4.80. The van der Waals surface area contributed by atoms with Gasteiger partial charge in [-0.25, -0.2) is 0 Å². The third kappa shape index (κ3) is 3.85. The summed E-state index contributed by atoms with van der Waals surface area (Å²) in [5.41, 5.74) is 6.14. The van der Waals surface area contributed by atoms with Gasteiger partial charge in [-0.15, -0.1) is 0 Å². The average molecular weight is 285 g/mol. The van der Waals surface area contributed by atoms with Crippen molar-refractivity contribution in [2.24, 2.45) is 11.1 Å². The third-order valence-electron chi connectivity index (χ3n) is 3.74. The SMILES string of the molecule is CCC(CC)(CO)CNc1cc(C(N)=O)ccc1Cl.